The topological polar surface area (TPSA) is 106 Å². The number of nitriles is 1. The number of aromatic nitrogens is 2. The molecule has 7 rings (SSSR count). The molecule has 2 aromatic rings. The van der Waals surface area contributed by atoms with Crippen LogP contribution in [0.3, 0.4) is 0 Å². The molecule has 4 N–H and O–H groups in total. The highest BCUT2D eigenvalue weighted by Gasteiger charge is 2.55. The number of nitrogens with one attached hydrogen (secondary N) is 3. The average Bonchev–Trinajstić information content (AvgIpc) is 2.95. The molecule has 1 aromatic heterocycles. The fourth-order valence-electron chi connectivity index (χ4n) is 8.37. The Hall–Kier alpha value is -2.34. The Morgan fingerprint density at radius 2 is 1.85 bits per heavy atom. The molecule has 5 saturated carbocycles. The van der Waals surface area contributed by atoms with Gasteiger partial charge in [0.05, 0.1) is 12.3 Å². The van der Waals surface area contributed by atoms with E-state index in [9.17, 15) is 10.4 Å². The van der Waals surface area contributed by atoms with Crippen molar-refractivity contribution >= 4 is 23.5 Å². The Morgan fingerprint density at radius 1 is 1.08 bits per heavy atom. The van der Waals surface area contributed by atoms with Crippen LogP contribution in [0.25, 0.3) is 0 Å². The summed E-state index contributed by atoms with van der Waals surface area (Å²) in [6.45, 7) is 2.64. The molecule has 0 spiro atoms. The molecule has 1 unspecified atom stereocenters. The maximum Gasteiger partial charge on any atom is 0.224 e. The van der Waals surface area contributed by atoms with E-state index in [4.69, 9.17) is 4.98 Å². The molecule has 0 saturated heterocycles. The molecule has 5 fully saturated rings. The van der Waals surface area contributed by atoms with Gasteiger partial charge in [-0.3, -0.25) is 0 Å². The molecule has 4 bridgehead atoms. The summed E-state index contributed by atoms with van der Waals surface area (Å²) in [4.78, 5) is 10.4. The van der Waals surface area contributed by atoms with E-state index >= 15 is 0 Å². The Morgan fingerprint density at radius 3 is 2.59 bits per heavy atom. The maximum atomic E-state index is 9.86. The third-order valence-corrected chi connectivity index (χ3v) is 10.9. The summed E-state index contributed by atoms with van der Waals surface area (Å²) in [5, 5.41) is 30.6. The molecule has 0 amide bonds. The number of aliphatic hydroxyl groups excluding tert-OH is 1. The van der Waals surface area contributed by atoms with E-state index in [1.807, 2.05) is 0 Å². The zero-order valence-corrected chi connectivity index (χ0v) is 23.8. The number of thioether (sulfide) groups is 1. The van der Waals surface area contributed by atoms with Crippen molar-refractivity contribution in [2.24, 2.45) is 29.1 Å². The molecule has 5 aliphatic rings. The number of anilines is 2. The second kappa shape index (κ2) is 11.6. The lowest BCUT2D eigenvalue weighted by Crippen LogP contribution is -2.60. The summed E-state index contributed by atoms with van der Waals surface area (Å²) in [6, 6.07) is 11.3. The predicted octanol–water partition coefficient (Wildman–Crippen LogP) is 5.43. The van der Waals surface area contributed by atoms with Gasteiger partial charge in [-0.1, -0.05) is 18.2 Å². The van der Waals surface area contributed by atoms with E-state index in [0.717, 1.165) is 62.4 Å². The van der Waals surface area contributed by atoms with Crippen LogP contribution in [0.15, 0.2) is 35.4 Å². The Balaban J connectivity index is 1.08. The lowest BCUT2D eigenvalue weighted by atomic mass is 9.48. The summed E-state index contributed by atoms with van der Waals surface area (Å²) >= 11 is 1.74. The molecule has 0 aliphatic heterocycles. The largest absolute Gasteiger partial charge is 0.393 e. The van der Waals surface area contributed by atoms with Crippen LogP contribution in [-0.2, 0) is 6.54 Å². The molecule has 5 aliphatic carbocycles. The van der Waals surface area contributed by atoms with E-state index in [1.54, 1.807) is 18.0 Å². The summed E-state index contributed by atoms with van der Waals surface area (Å²) in [7, 11) is 0. The van der Waals surface area contributed by atoms with Crippen LogP contribution in [0.1, 0.15) is 68.9 Å². The highest BCUT2D eigenvalue weighted by Crippen LogP contribution is 2.60. The number of rotatable bonds is 10. The highest BCUT2D eigenvalue weighted by atomic mass is 32.2. The van der Waals surface area contributed by atoms with Crippen LogP contribution in [0.5, 0.6) is 0 Å². The van der Waals surface area contributed by atoms with Crippen molar-refractivity contribution in [1.82, 2.24) is 15.3 Å². The standard InChI is InChI=1S/C31H42N6OS/c1-39-27-5-3-2-4-22(27)17-34-30-35-18-25(15-32)29(37-30)36-19-31-12-21-10-23(13-31)28(24(11-21)14-31)33-16-20-6-8-26(38)9-7-20/h2-5,18,20-21,23-24,26,28,33,38H,6-14,16-17,19H2,1H3,(H2,34,35,36,37)/t20-,21?,23-,24+,26-,28-,31-. The highest BCUT2D eigenvalue weighted by molar-refractivity contribution is 7.98. The van der Waals surface area contributed by atoms with Crippen molar-refractivity contribution in [2.75, 3.05) is 30.0 Å². The smallest absolute Gasteiger partial charge is 0.224 e. The average molecular weight is 547 g/mol. The maximum absolute atomic E-state index is 9.86. The first-order valence-corrected chi connectivity index (χ1v) is 16.0. The van der Waals surface area contributed by atoms with Crippen molar-refractivity contribution in [3.05, 3.63) is 41.6 Å². The summed E-state index contributed by atoms with van der Waals surface area (Å²) < 4.78 is 0. The second-order valence-corrected chi connectivity index (χ2v) is 13.5. The fourth-order valence-corrected chi connectivity index (χ4v) is 8.99. The number of nitrogens with zero attached hydrogens (tertiary/aromatic N) is 3. The zero-order chi connectivity index (χ0) is 26.8. The van der Waals surface area contributed by atoms with Crippen molar-refractivity contribution < 1.29 is 5.11 Å². The lowest BCUT2D eigenvalue weighted by Gasteiger charge is -2.60. The van der Waals surface area contributed by atoms with Gasteiger partial charge in [0.1, 0.15) is 17.5 Å². The summed E-state index contributed by atoms with van der Waals surface area (Å²) in [5.74, 6) is 4.27. The van der Waals surface area contributed by atoms with Gasteiger partial charge in [-0.25, -0.2) is 4.98 Å². The van der Waals surface area contributed by atoms with Crippen LogP contribution in [-0.4, -0.2) is 46.6 Å². The van der Waals surface area contributed by atoms with Crippen LogP contribution >= 0.6 is 11.8 Å². The van der Waals surface area contributed by atoms with E-state index in [1.165, 1.54) is 42.6 Å². The van der Waals surface area contributed by atoms with Crippen LogP contribution < -0.4 is 16.0 Å². The van der Waals surface area contributed by atoms with Gasteiger partial charge in [0.25, 0.3) is 0 Å². The van der Waals surface area contributed by atoms with Gasteiger partial charge in [0, 0.05) is 24.0 Å². The van der Waals surface area contributed by atoms with Crippen LogP contribution in [0.2, 0.25) is 0 Å². The molecular formula is C31H42N6OS. The zero-order valence-electron chi connectivity index (χ0n) is 23.0. The van der Waals surface area contributed by atoms with E-state index in [2.05, 4.69) is 57.5 Å². The Kier molecular flexibility index (Phi) is 8.02. The monoisotopic (exact) mass is 546 g/mol. The fraction of sp³-hybridized carbons (Fsp3) is 0.645. The van der Waals surface area contributed by atoms with Gasteiger partial charge in [0.15, 0.2) is 0 Å². The molecule has 7 nitrogen and oxygen atoms in total. The van der Waals surface area contributed by atoms with E-state index in [0.29, 0.717) is 35.3 Å². The third-order valence-electron chi connectivity index (χ3n) is 10.0. The molecule has 0 radical (unpaired) electrons. The first-order valence-electron chi connectivity index (χ1n) is 14.8. The minimum Gasteiger partial charge on any atom is -0.393 e. The van der Waals surface area contributed by atoms with Gasteiger partial charge < -0.3 is 21.1 Å². The SMILES string of the molecule is CSc1ccccc1CNc1ncc(C#N)c(NC[C@]23CC4C[C@H](C2)[C@@H](NC[C@H]2CC[C@H](O)CC2)[C@@H](C4)C3)n1. The van der Waals surface area contributed by atoms with Crippen molar-refractivity contribution in [1.29, 1.82) is 5.26 Å². The van der Waals surface area contributed by atoms with Crippen molar-refractivity contribution in [3.63, 3.8) is 0 Å². The minimum atomic E-state index is -0.0741. The van der Waals surface area contributed by atoms with Gasteiger partial charge in [0.2, 0.25) is 5.95 Å². The second-order valence-electron chi connectivity index (χ2n) is 12.7. The number of benzene rings is 1. The van der Waals surface area contributed by atoms with Gasteiger partial charge >= 0.3 is 0 Å². The minimum absolute atomic E-state index is 0.0741. The number of hydrogen-bond donors (Lipinski definition) is 4. The normalized spacial score (nSPS) is 33.1. The van der Waals surface area contributed by atoms with E-state index in [-0.39, 0.29) is 6.10 Å². The molecule has 208 valence electrons. The first-order chi connectivity index (χ1) is 19.0. The predicted molar refractivity (Wildman–Crippen MR) is 157 cm³/mol. The van der Waals surface area contributed by atoms with Crippen molar-refractivity contribution in [3.8, 4) is 6.07 Å². The van der Waals surface area contributed by atoms with Crippen LogP contribution in [0.4, 0.5) is 11.8 Å². The summed E-state index contributed by atoms with van der Waals surface area (Å²) in [5.41, 5.74) is 2.02. The van der Waals surface area contributed by atoms with Crippen LogP contribution in [0, 0.1) is 40.4 Å². The van der Waals surface area contributed by atoms with Gasteiger partial charge in [-0.2, -0.15) is 10.2 Å². The molecule has 5 atom stereocenters. The number of aliphatic hydroxyl groups is 1. The molecule has 39 heavy (non-hydrogen) atoms. The lowest BCUT2D eigenvalue weighted by molar-refractivity contribution is -0.0704. The van der Waals surface area contributed by atoms with Gasteiger partial charge in [-0.05, 0) is 111 Å². The molecular weight excluding hydrogens is 504 g/mol. The number of hydrogen-bond acceptors (Lipinski definition) is 8. The molecule has 8 heteroatoms. The van der Waals surface area contributed by atoms with Gasteiger partial charge in [-0.15, -0.1) is 11.8 Å². The molecule has 1 heterocycles. The van der Waals surface area contributed by atoms with Crippen molar-refractivity contribution in [2.45, 2.75) is 81.4 Å². The molecule has 1 aromatic carbocycles. The Bertz CT molecular complexity index is 1180. The third kappa shape index (κ3) is 5.91. The van der Waals surface area contributed by atoms with E-state index < -0.39 is 0 Å². The quantitative estimate of drug-likeness (QED) is 0.292. The first kappa shape index (κ1) is 26.9. The Labute approximate surface area is 237 Å². The summed E-state index contributed by atoms with van der Waals surface area (Å²) in [6.07, 6.45) is 14.5.